The number of sulfonamides is 3. The molecule has 1 aliphatic rings. The smallest absolute Gasteiger partial charge is 0.353 e. The van der Waals surface area contributed by atoms with Gasteiger partial charge in [0.15, 0.2) is 0 Å². The molecular formula is C102H98N14O12S8. The molecule has 10 aromatic carbocycles. The summed E-state index contributed by atoms with van der Waals surface area (Å²) in [5.41, 5.74) is 26.8. The number of benzene rings is 10. The van der Waals surface area contributed by atoms with E-state index in [1.807, 2.05) is 252 Å². The van der Waals surface area contributed by atoms with Gasteiger partial charge in [0.05, 0.1) is 20.3 Å². The maximum atomic E-state index is 13.5. The number of nitrogens with zero attached hydrogens (tertiary/aromatic N) is 4. The van der Waals surface area contributed by atoms with Gasteiger partial charge in [-0.2, -0.15) is 46.3 Å². The van der Waals surface area contributed by atoms with Crippen LogP contribution in [0.1, 0.15) is 102 Å². The van der Waals surface area contributed by atoms with Gasteiger partial charge in [0.1, 0.15) is 47.5 Å². The molecule has 0 fully saturated rings. The third-order valence-corrected chi connectivity index (χ3v) is 30.3. The normalized spacial score (nSPS) is 12.5. The molecule has 1 aliphatic heterocycles. The number of aryl methyl sites for hydroxylation is 3. The van der Waals surface area contributed by atoms with Crippen molar-refractivity contribution in [3.63, 3.8) is 0 Å². The monoisotopic (exact) mass is 1970 g/mol. The molecule has 0 aliphatic carbocycles. The van der Waals surface area contributed by atoms with Gasteiger partial charge in [0.25, 0.3) is 30.1 Å². The first-order chi connectivity index (χ1) is 64.7. The maximum absolute atomic E-state index is 13.5. The van der Waals surface area contributed by atoms with Crippen molar-refractivity contribution in [3.05, 3.63) is 386 Å². The summed E-state index contributed by atoms with van der Waals surface area (Å²) in [4.78, 5) is 56.5. The van der Waals surface area contributed by atoms with Crippen molar-refractivity contribution in [1.82, 2.24) is 55.1 Å². The number of aromatic nitrogens is 6. The van der Waals surface area contributed by atoms with Crippen molar-refractivity contribution in [3.8, 4) is 35.5 Å². The predicted molar refractivity (Wildman–Crippen MR) is 550 cm³/mol. The van der Waals surface area contributed by atoms with E-state index in [4.69, 9.17) is 15.8 Å². The topological polar surface area (TPSA) is 383 Å². The molecule has 0 saturated heterocycles. The Kier molecular flexibility index (Phi) is 35.4. The molecule has 696 valence electrons. The molecule has 1 amide bonds. The molecule has 34 heteroatoms. The Balaban J connectivity index is 0.000000165. The lowest BCUT2D eigenvalue weighted by Gasteiger charge is -2.20. The van der Waals surface area contributed by atoms with E-state index in [9.17, 15) is 44.7 Å². The number of nitrogens with two attached hydrogens (primary N) is 1. The van der Waals surface area contributed by atoms with E-state index in [1.54, 1.807) is 54.9 Å². The Bertz CT molecular complexity index is 7540. The second-order valence-corrected chi connectivity index (χ2v) is 40.4. The number of para-hydroxylation sites is 6. The lowest BCUT2D eigenvalue weighted by atomic mass is 10.0. The first-order valence-electron chi connectivity index (χ1n) is 42.4. The van der Waals surface area contributed by atoms with Gasteiger partial charge in [-0.3, -0.25) is 20.2 Å². The number of amides is 1. The summed E-state index contributed by atoms with van der Waals surface area (Å²) >= 11 is 3.11. The summed E-state index contributed by atoms with van der Waals surface area (Å²) in [7, 11) is -12.1. The lowest BCUT2D eigenvalue weighted by Crippen LogP contribution is -2.48. The van der Waals surface area contributed by atoms with Crippen LogP contribution in [-0.4, -0.2) is 115 Å². The van der Waals surface area contributed by atoms with Gasteiger partial charge in [-0.05, 0) is 194 Å². The molecule has 7 aromatic heterocycles. The van der Waals surface area contributed by atoms with Gasteiger partial charge in [0.2, 0.25) is 5.91 Å². The molecule has 8 heterocycles. The average Bonchev–Trinajstić information content (AvgIpc) is 1.62. The second kappa shape index (κ2) is 47.5. The van der Waals surface area contributed by atoms with Gasteiger partial charge in [-0.15, -0.1) is 44.6 Å². The number of nitrogens with one attached hydrogen (secondary N) is 9. The fourth-order valence-corrected chi connectivity index (χ4v) is 21.0. The van der Waals surface area contributed by atoms with Gasteiger partial charge in [-0.1, -0.05) is 247 Å². The number of H-pyrrole nitrogens is 3. The first-order valence-corrected chi connectivity index (χ1v) is 49.3. The minimum atomic E-state index is -4.11. The van der Waals surface area contributed by atoms with Crippen LogP contribution < -0.4 is 46.2 Å². The quantitative estimate of drug-likeness (QED) is 0.0197. The molecular weight excluding hydrogens is 1870 g/mol. The number of carboxylic acids is 1. The van der Waals surface area contributed by atoms with E-state index < -0.39 is 60.1 Å². The Morgan fingerprint density at radius 3 is 1.26 bits per heavy atom. The van der Waals surface area contributed by atoms with E-state index in [0.29, 0.717) is 38.1 Å². The first kappa shape index (κ1) is 101. The molecule has 0 saturated carbocycles. The summed E-state index contributed by atoms with van der Waals surface area (Å²) in [5.74, 6) is 16.3. The molecule has 0 spiro atoms. The van der Waals surface area contributed by atoms with E-state index in [2.05, 4.69) is 110 Å². The van der Waals surface area contributed by atoms with Gasteiger partial charge in [-0.25, -0.2) is 30.0 Å². The molecule has 0 bridgehead atoms. The number of hydrogen-bond donors (Lipinski definition) is 12. The zero-order valence-corrected chi connectivity index (χ0v) is 81.1. The fraction of sp³-hybridized carbons (Fsp3) is 0.147. The number of carboxylic acid groups (broad SMARTS) is 1. The third-order valence-electron chi connectivity index (χ3n) is 21.4. The van der Waals surface area contributed by atoms with Crippen LogP contribution >= 0.6 is 61.0 Å². The van der Waals surface area contributed by atoms with Crippen LogP contribution in [0, 0.1) is 56.3 Å². The summed E-state index contributed by atoms with van der Waals surface area (Å²) < 4.78 is 87.3. The van der Waals surface area contributed by atoms with Crippen LogP contribution in [0.5, 0.6) is 0 Å². The van der Waals surface area contributed by atoms with Crippen molar-refractivity contribution >= 4 is 164 Å². The molecule has 136 heavy (non-hydrogen) atoms. The Morgan fingerprint density at radius 2 is 0.824 bits per heavy atom. The van der Waals surface area contributed by atoms with Gasteiger partial charge in [0, 0.05) is 87.4 Å². The van der Waals surface area contributed by atoms with Crippen LogP contribution in [0.2, 0.25) is 0 Å². The van der Waals surface area contributed by atoms with Crippen LogP contribution in [0.15, 0.2) is 322 Å². The molecule has 13 N–H and O–H groups in total. The van der Waals surface area contributed by atoms with Crippen molar-refractivity contribution in [1.29, 1.82) is 0 Å². The minimum Gasteiger partial charge on any atom is -0.480 e. The maximum Gasteiger partial charge on any atom is 0.353 e. The zero-order valence-electron chi connectivity index (χ0n) is 74.2. The largest absolute Gasteiger partial charge is 0.480 e. The standard InChI is InChI=1S/C33H31N3O3S2.C30H23N5O4S2.C24H20N2O4S2.C9H13N.C6H7N3O.2H2S/c1-23-12-14-25(15-13-23)16-17-28-18-19-32(40-28)41(38,39)36-31(20-27-22-34-30-11-7-6-10-29(27)30)33(37)35-21-24(2)26-8-4-3-5-9-26;1-20-10-12-21(13-11-20)14-15-23-16-17-29(40-23)41(37,38)33-27(18-22-19-31-25-7-3-2-6-24(22)25)30(36)39-35-28-9-5-4-8-26(28)32-34-35;1-16-6-8-17(9-7-16)10-11-19-12-13-23(31-19)32(29,30)26-22(24(27)28)14-18-15-25-21-5-3-2-4-20(18)21;1-8(7-10)9-5-3-2-4-6-9;10-9-6-4-2-1-3-5(6)7-8-9;;/h3-15,18-19,22,24,31,34,36H,20-21H2,1-2H3,(H,35,37);2-13,16-17,19,27,31,33H,18H2,1H3;2-9,12-13,15,22,25-26H,14H2,1H3,(H,27,28);2-6,8H,7,10H2,1H3;1-4,7-8,10H;2*1H2/t24-,31?;;;8-;;;/m0..0.../s1. The number of anilines is 2. The van der Waals surface area contributed by atoms with E-state index in [-0.39, 0.29) is 70.7 Å². The van der Waals surface area contributed by atoms with Gasteiger partial charge < -0.3 is 35.9 Å². The Morgan fingerprint density at radius 1 is 0.449 bits per heavy atom. The molecule has 17 aromatic rings. The Hall–Kier alpha value is -13.7. The number of carbonyl (C=O) groups is 3. The number of carbonyl (C=O) groups excluding carboxylic acids is 2. The molecule has 3 unspecified atom stereocenters. The summed E-state index contributed by atoms with van der Waals surface area (Å²) in [6, 6.07) is 86.6. The highest BCUT2D eigenvalue weighted by molar-refractivity contribution is 7.92. The highest BCUT2D eigenvalue weighted by Crippen LogP contribution is 2.31. The lowest BCUT2D eigenvalue weighted by molar-refractivity contribution is -0.147. The van der Waals surface area contributed by atoms with E-state index in [0.717, 1.165) is 150 Å². The highest BCUT2D eigenvalue weighted by atomic mass is 32.3. The SMILES string of the molecule is C[C@@H](CN)c1ccccc1.Cc1ccc(C#Cc2ccc(S(=O)(=O)NC(Cc3c[nH]c4ccccc34)C(=O)NC[C@H](C)c3ccccc3)s2)cc1.Cc1ccc(C#Cc2ccc(S(=O)(=O)NC(Cc3c[nH]c4ccccc34)C(=O)O)s2)cc1.Cc1ccc(C#Cc2ccc(S(=O)(=O)NC(Cc3c[nH]c4ccccc34)C(=O)On3nnc4ccccc43)s2)cc1.ON1NNc2ccccc21.S.S. The molecule has 0 radical (unpaired) electrons. The summed E-state index contributed by atoms with van der Waals surface area (Å²) in [6.07, 6.45) is 5.55. The number of hydrazine groups is 2. The van der Waals surface area contributed by atoms with Gasteiger partial charge >= 0.3 is 11.9 Å². The van der Waals surface area contributed by atoms with E-state index in [1.165, 1.54) is 23.8 Å². The zero-order chi connectivity index (χ0) is 94.3. The van der Waals surface area contributed by atoms with Crippen molar-refractivity contribution in [2.45, 2.75) is 96.5 Å². The third kappa shape index (κ3) is 27.3. The second-order valence-electron chi connectivity index (χ2n) is 31.3. The number of aliphatic carboxylic acids is 1. The Labute approximate surface area is 814 Å². The van der Waals surface area contributed by atoms with Crippen LogP contribution in [0.25, 0.3) is 43.7 Å². The molecule has 5 atom stereocenters. The minimum absolute atomic E-state index is 0. The van der Waals surface area contributed by atoms with Crippen LogP contribution in [0.4, 0.5) is 11.4 Å². The van der Waals surface area contributed by atoms with Crippen molar-refractivity contribution in [2.75, 3.05) is 23.7 Å². The number of hydrogen-bond acceptors (Lipinski definition) is 20. The summed E-state index contributed by atoms with van der Waals surface area (Å²) in [5, 5.41) is 33.2. The average molecular weight is 1970 g/mol. The van der Waals surface area contributed by atoms with Crippen LogP contribution in [-0.2, 0) is 63.7 Å². The highest BCUT2D eigenvalue weighted by Gasteiger charge is 2.33. The number of rotatable bonds is 24. The molecule has 26 nitrogen and oxygen atoms in total. The molecule has 18 rings (SSSR count). The number of aromatic amines is 3. The fourth-order valence-electron chi connectivity index (χ4n) is 13.9. The van der Waals surface area contributed by atoms with Crippen LogP contribution in [0.3, 0.4) is 0 Å². The van der Waals surface area contributed by atoms with Crippen molar-refractivity contribution in [2.24, 2.45) is 5.73 Å². The number of fused-ring (bicyclic) bond motifs is 5. The number of thiophene rings is 3. The van der Waals surface area contributed by atoms with E-state index >= 15 is 0 Å². The van der Waals surface area contributed by atoms with Crippen molar-refractivity contribution < 1.29 is 54.8 Å². The predicted octanol–water partition coefficient (Wildman–Crippen LogP) is 16.6. The summed E-state index contributed by atoms with van der Waals surface area (Å²) in [6.45, 7) is 11.3.